The van der Waals surface area contributed by atoms with Gasteiger partial charge >= 0.3 is 0 Å². The van der Waals surface area contributed by atoms with Gasteiger partial charge in [0.2, 0.25) is 11.8 Å². The Morgan fingerprint density at radius 2 is 2.00 bits per heavy atom. The summed E-state index contributed by atoms with van der Waals surface area (Å²) in [4.78, 5) is 25.8. The molecule has 1 aromatic carbocycles. The molecule has 0 aromatic heterocycles. The number of ether oxygens (including phenoxy) is 1. The fourth-order valence-corrected chi connectivity index (χ4v) is 3.20. The van der Waals surface area contributed by atoms with Crippen LogP contribution in [0.25, 0.3) is 0 Å². The van der Waals surface area contributed by atoms with Crippen LogP contribution in [0, 0.1) is 0 Å². The van der Waals surface area contributed by atoms with Crippen LogP contribution in [0.3, 0.4) is 0 Å². The summed E-state index contributed by atoms with van der Waals surface area (Å²) in [5.74, 6) is 0.733. The number of carbonyl (C=O) groups excluding carboxylic acids is 2. The first-order chi connectivity index (χ1) is 12.6. The molecule has 0 radical (unpaired) electrons. The normalized spacial score (nSPS) is 13.7. The number of hydrogen-bond donors (Lipinski definition) is 1. The van der Waals surface area contributed by atoms with E-state index in [4.69, 9.17) is 4.74 Å². The predicted octanol–water partition coefficient (Wildman–Crippen LogP) is 3.44. The van der Waals surface area contributed by atoms with Gasteiger partial charge in [0.05, 0.1) is 7.11 Å². The summed E-state index contributed by atoms with van der Waals surface area (Å²) in [6.45, 7) is 3.15. The second-order valence-corrected chi connectivity index (χ2v) is 6.70. The summed E-state index contributed by atoms with van der Waals surface area (Å²) >= 11 is 0. The number of hydrogen-bond acceptors (Lipinski definition) is 3. The van der Waals surface area contributed by atoms with Gasteiger partial charge in [0, 0.05) is 38.5 Å². The van der Waals surface area contributed by atoms with Crippen LogP contribution in [0.5, 0.6) is 5.75 Å². The highest BCUT2D eigenvalue weighted by molar-refractivity contribution is 5.78. The zero-order valence-corrected chi connectivity index (χ0v) is 15.9. The number of nitrogens with one attached hydrogen (secondary N) is 1. The van der Waals surface area contributed by atoms with Crippen LogP contribution in [0.2, 0.25) is 0 Å². The summed E-state index contributed by atoms with van der Waals surface area (Å²) in [5.41, 5.74) is 2.39. The third-order valence-electron chi connectivity index (χ3n) is 4.81. The van der Waals surface area contributed by atoms with Gasteiger partial charge in [-0.1, -0.05) is 29.8 Å². The van der Waals surface area contributed by atoms with Crippen LogP contribution in [0.4, 0.5) is 0 Å². The van der Waals surface area contributed by atoms with Gasteiger partial charge in [0.25, 0.3) is 0 Å². The van der Waals surface area contributed by atoms with Gasteiger partial charge in [-0.2, -0.15) is 0 Å². The Kier molecular flexibility index (Phi) is 8.19. The molecule has 2 amide bonds. The lowest BCUT2D eigenvalue weighted by Gasteiger charge is -2.22. The first-order valence-corrected chi connectivity index (χ1v) is 9.42. The average molecular weight is 358 g/mol. The van der Waals surface area contributed by atoms with Crippen molar-refractivity contribution in [3.05, 3.63) is 41.5 Å². The van der Waals surface area contributed by atoms with Crippen molar-refractivity contribution in [1.82, 2.24) is 10.2 Å². The van der Waals surface area contributed by atoms with Gasteiger partial charge in [-0.25, -0.2) is 0 Å². The Hall–Kier alpha value is -2.30. The number of benzene rings is 1. The average Bonchev–Trinajstić information content (AvgIpc) is 2.67. The Bertz CT molecular complexity index is 640. The second-order valence-electron chi connectivity index (χ2n) is 6.70. The van der Waals surface area contributed by atoms with Gasteiger partial charge in [-0.15, -0.1) is 0 Å². The molecule has 0 saturated heterocycles. The molecule has 0 spiro atoms. The molecular formula is C21H30N2O3. The molecule has 1 N–H and O–H groups in total. The third kappa shape index (κ3) is 6.54. The third-order valence-corrected chi connectivity index (χ3v) is 4.81. The van der Waals surface area contributed by atoms with E-state index in [2.05, 4.69) is 11.4 Å². The monoisotopic (exact) mass is 358 g/mol. The number of amides is 2. The van der Waals surface area contributed by atoms with E-state index in [1.165, 1.54) is 18.4 Å². The zero-order valence-electron chi connectivity index (χ0n) is 15.9. The van der Waals surface area contributed by atoms with Crippen LogP contribution in [0.15, 0.2) is 35.9 Å². The van der Waals surface area contributed by atoms with Gasteiger partial charge in [0.15, 0.2) is 0 Å². The number of methoxy groups -OCH3 is 1. The van der Waals surface area contributed by atoms with Crippen molar-refractivity contribution in [2.75, 3.05) is 20.2 Å². The van der Waals surface area contributed by atoms with Crippen LogP contribution in [-0.4, -0.2) is 36.9 Å². The van der Waals surface area contributed by atoms with E-state index in [1.54, 1.807) is 18.9 Å². The van der Waals surface area contributed by atoms with Gasteiger partial charge in [-0.3, -0.25) is 9.59 Å². The van der Waals surface area contributed by atoms with Crippen molar-refractivity contribution in [3.8, 4) is 5.75 Å². The van der Waals surface area contributed by atoms with E-state index >= 15 is 0 Å². The van der Waals surface area contributed by atoms with Crippen LogP contribution in [0.1, 0.15) is 51.0 Å². The lowest BCUT2D eigenvalue weighted by molar-refractivity contribution is -0.129. The maximum Gasteiger partial charge on any atom is 0.222 e. The number of para-hydroxylation sites is 1. The van der Waals surface area contributed by atoms with Crippen molar-refractivity contribution >= 4 is 11.8 Å². The minimum absolute atomic E-state index is 0.0268. The molecule has 2 rings (SSSR count). The topological polar surface area (TPSA) is 58.6 Å². The first-order valence-electron chi connectivity index (χ1n) is 9.42. The second kappa shape index (κ2) is 10.6. The number of rotatable bonds is 9. The van der Waals surface area contributed by atoms with E-state index in [9.17, 15) is 9.59 Å². The van der Waals surface area contributed by atoms with E-state index in [1.807, 2.05) is 24.3 Å². The zero-order chi connectivity index (χ0) is 18.8. The van der Waals surface area contributed by atoms with Gasteiger partial charge < -0.3 is 15.0 Å². The largest absolute Gasteiger partial charge is 0.496 e. The summed E-state index contributed by atoms with van der Waals surface area (Å²) in [7, 11) is 1.62. The standard InChI is InChI=1S/C21H30N2O3/c1-17(24)23(14-12-18-8-4-3-5-9-18)15-13-21(25)22-16-19-10-6-7-11-20(19)26-2/h6-8,10-11H,3-5,9,12-16H2,1-2H3,(H,22,25). The van der Waals surface area contributed by atoms with Crippen LogP contribution < -0.4 is 10.1 Å². The smallest absolute Gasteiger partial charge is 0.222 e. The minimum Gasteiger partial charge on any atom is -0.496 e. The highest BCUT2D eigenvalue weighted by Gasteiger charge is 2.13. The summed E-state index contributed by atoms with van der Waals surface area (Å²) < 4.78 is 5.29. The molecule has 0 atom stereocenters. The summed E-state index contributed by atoms with van der Waals surface area (Å²) in [6.07, 6.45) is 8.35. The molecule has 5 nitrogen and oxygen atoms in total. The van der Waals surface area contributed by atoms with Crippen molar-refractivity contribution in [2.45, 2.75) is 52.0 Å². The molecule has 1 aliphatic carbocycles. The van der Waals surface area contributed by atoms with Crippen molar-refractivity contribution in [2.24, 2.45) is 0 Å². The minimum atomic E-state index is -0.0564. The van der Waals surface area contributed by atoms with Crippen LogP contribution >= 0.6 is 0 Å². The van der Waals surface area contributed by atoms with E-state index in [0.717, 1.165) is 30.6 Å². The van der Waals surface area contributed by atoms with Gasteiger partial charge in [0.1, 0.15) is 5.75 Å². The molecule has 0 heterocycles. The molecule has 0 saturated carbocycles. The first kappa shape index (κ1) is 20.0. The highest BCUT2D eigenvalue weighted by Crippen LogP contribution is 2.20. The molecule has 1 aromatic rings. The molecule has 142 valence electrons. The van der Waals surface area contributed by atoms with Crippen molar-refractivity contribution in [1.29, 1.82) is 0 Å². The Morgan fingerprint density at radius 1 is 1.19 bits per heavy atom. The molecular weight excluding hydrogens is 328 g/mol. The number of nitrogens with zero attached hydrogens (tertiary/aromatic N) is 1. The van der Waals surface area contributed by atoms with E-state index < -0.39 is 0 Å². The Labute approximate surface area is 156 Å². The molecule has 0 aliphatic heterocycles. The maximum absolute atomic E-state index is 12.1. The SMILES string of the molecule is COc1ccccc1CNC(=O)CCN(CCC1=CCCCC1)C(C)=O. The lowest BCUT2D eigenvalue weighted by Crippen LogP contribution is -2.34. The van der Waals surface area contributed by atoms with E-state index in [-0.39, 0.29) is 11.8 Å². The predicted molar refractivity (Wildman–Crippen MR) is 103 cm³/mol. The fraction of sp³-hybridized carbons (Fsp3) is 0.524. The van der Waals surface area contributed by atoms with Crippen LogP contribution in [-0.2, 0) is 16.1 Å². The Balaban J connectivity index is 1.75. The molecule has 26 heavy (non-hydrogen) atoms. The van der Waals surface area contributed by atoms with E-state index in [0.29, 0.717) is 26.1 Å². The highest BCUT2D eigenvalue weighted by atomic mass is 16.5. The van der Waals surface area contributed by atoms with Crippen molar-refractivity contribution in [3.63, 3.8) is 0 Å². The maximum atomic E-state index is 12.1. The summed E-state index contributed by atoms with van der Waals surface area (Å²) in [6, 6.07) is 7.62. The fourth-order valence-electron chi connectivity index (χ4n) is 3.20. The molecule has 1 aliphatic rings. The number of carbonyl (C=O) groups is 2. The van der Waals surface area contributed by atoms with Gasteiger partial charge in [-0.05, 0) is 38.2 Å². The molecule has 0 fully saturated rings. The molecule has 0 bridgehead atoms. The molecule has 0 unspecified atom stereocenters. The number of allylic oxidation sites excluding steroid dienone is 1. The van der Waals surface area contributed by atoms with Crippen molar-refractivity contribution < 1.29 is 14.3 Å². The Morgan fingerprint density at radius 3 is 2.69 bits per heavy atom. The molecule has 5 heteroatoms. The lowest BCUT2D eigenvalue weighted by atomic mass is 9.97. The summed E-state index contributed by atoms with van der Waals surface area (Å²) in [5, 5.41) is 2.91. The quantitative estimate of drug-likeness (QED) is 0.688.